The van der Waals surface area contributed by atoms with Crippen LogP contribution in [0.4, 0.5) is 0 Å². The van der Waals surface area contributed by atoms with E-state index in [4.69, 9.17) is 4.74 Å². The zero-order valence-corrected chi connectivity index (χ0v) is 14.3. The van der Waals surface area contributed by atoms with Crippen LogP contribution in [-0.4, -0.2) is 43.6 Å². The molecule has 1 aromatic carbocycles. The predicted molar refractivity (Wildman–Crippen MR) is 89.0 cm³/mol. The zero-order valence-electron chi connectivity index (χ0n) is 14.3. The summed E-state index contributed by atoms with van der Waals surface area (Å²) in [7, 11) is 4.23. The van der Waals surface area contributed by atoms with Crippen LogP contribution in [0.5, 0.6) is 5.75 Å². The van der Waals surface area contributed by atoms with E-state index in [1.54, 1.807) is 0 Å². The lowest BCUT2D eigenvalue weighted by Gasteiger charge is -2.37. The van der Waals surface area contributed by atoms with Gasteiger partial charge in [-0.05, 0) is 57.6 Å². The summed E-state index contributed by atoms with van der Waals surface area (Å²) in [5, 5.41) is 0. The van der Waals surface area contributed by atoms with Crippen LogP contribution in [0.2, 0.25) is 0 Å². The molecular weight excluding hydrogens is 260 g/mol. The van der Waals surface area contributed by atoms with E-state index in [2.05, 4.69) is 56.8 Å². The molecule has 0 fully saturated rings. The Morgan fingerprint density at radius 2 is 2.00 bits per heavy atom. The van der Waals surface area contributed by atoms with Crippen molar-refractivity contribution in [3.05, 3.63) is 28.8 Å². The SMILES string of the molecule is CCOc1cc2c(cc1CN(C)C)CCN(CC)C2CC. The van der Waals surface area contributed by atoms with Crippen LogP contribution in [-0.2, 0) is 13.0 Å². The highest BCUT2D eigenvalue weighted by Crippen LogP contribution is 2.36. The van der Waals surface area contributed by atoms with E-state index >= 15 is 0 Å². The topological polar surface area (TPSA) is 15.7 Å². The van der Waals surface area contributed by atoms with Crippen LogP contribution in [0.3, 0.4) is 0 Å². The van der Waals surface area contributed by atoms with Crippen molar-refractivity contribution in [2.45, 2.75) is 46.2 Å². The molecule has 1 unspecified atom stereocenters. The number of hydrogen-bond donors (Lipinski definition) is 0. The Balaban J connectivity index is 2.42. The summed E-state index contributed by atoms with van der Waals surface area (Å²) >= 11 is 0. The van der Waals surface area contributed by atoms with E-state index in [1.165, 1.54) is 29.7 Å². The molecule has 1 heterocycles. The number of fused-ring (bicyclic) bond motifs is 1. The number of ether oxygens (including phenoxy) is 1. The second-order valence-corrected chi connectivity index (χ2v) is 6.13. The fourth-order valence-corrected chi connectivity index (χ4v) is 3.45. The van der Waals surface area contributed by atoms with Crippen molar-refractivity contribution in [2.24, 2.45) is 0 Å². The molecule has 0 aromatic heterocycles. The maximum Gasteiger partial charge on any atom is 0.124 e. The summed E-state index contributed by atoms with van der Waals surface area (Å²) < 4.78 is 5.92. The van der Waals surface area contributed by atoms with Gasteiger partial charge in [-0.25, -0.2) is 0 Å². The average molecular weight is 290 g/mol. The molecule has 1 aliphatic rings. The van der Waals surface area contributed by atoms with Crippen LogP contribution in [0.1, 0.15) is 49.9 Å². The minimum atomic E-state index is 0.548. The first-order valence-electron chi connectivity index (χ1n) is 8.27. The number of hydrogen-bond acceptors (Lipinski definition) is 3. The lowest BCUT2D eigenvalue weighted by molar-refractivity contribution is 0.189. The summed E-state index contributed by atoms with van der Waals surface area (Å²) in [6.07, 6.45) is 2.33. The van der Waals surface area contributed by atoms with Gasteiger partial charge in [-0.3, -0.25) is 4.90 Å². The molecule has 3 heteroatoms. The standard InChI is InChI=1S/C18H30N2O/c1-6-17-16-12-18(21-8-3)15(13-19(4)5)11-14(16)9-10-20(17)7-2/h11-12,17H,6-10,13H2,1-5H3. The van der Waals surface area contributed by atoms with Gasteiger partial charge in [0.1, 0.15) is 5.75 Å². The van der Waals surface area contributed by atoms with Gasteiger partial charge in [0.15, 0.2) is 0 Å². The van der Waals surface area contributed by atoms with Crippen LogP contribution < -0.4 is 4.74 Å². The van der Waals surface area contributed by atoms with Crippen molar-refractivity contribution in [2.75, 3.05) is 33.8 Å². The monoisotopic (exact) mass is 290 g/mol. The van der Waals surface area contributed by atoms with E-state index < -0.39 is 0 Å². The van der Waals surface area contributed by atoms with E-state index in [-0.39, 0.29) is 0 Å². The first kappa shape index (κ1) is 16.3. The Bertz CT molecular complexity index is 471. The van der Waals surface area contributed by atoms with E-state index in [0.717, 1.165) is 31.9 Å². The lowest BCUT2D eigenvalue weighted by atomic mass is 9.89. The van der Waals surface area contributed by atoms with Crippen molar-refractivity contribution in [1.29, 1.82) is 0 Å². The minimum absolute atomic E-state index is 0.548. The van der Waals surface area contributed by atoms with Crippen molar-refractivity contribution in [3.63, 3.8) is 0 Å². The second-order valence-electron chi connectivity index (χ2n) is 6.13. The van der Waals surface area contributed by atoms with E-state index in [0.29, 0.717) is 6.04 Å². The Labute approximate surface area is 129 Å². The summed E-state index contributed by atoms with van der Waals surface area (Å²) in [5.74, 6) is 1.07. The predicted octanol–water partition coefficient (Wildman–Crippen LogP) is 3.48. The smallest absolute Gasteiger partial charge is 0.124 e. The second kappa shape index (κ2) is 7.28. The van der Waals surface area contributed by atoms with Gasteiger partial charge < -0.3 is 9.64 Å². The van der Waals surface area contributed by atoms with Crippen LogP contribution >= 0.6 is 0 Å². The van der Waals surface area contributed by atoms with E-state index in [9.17, 15) is 0 Å². The molecule has 1 aromatic rings. The van der Waals surface area contributed by atoms with Gasteiger partial charge in [-0.15, -0.1) is 0 Å². The number of likely N-dealkylation sites (N-methyl/N-ethyl adjacent to an activating group) is 1. The third kappa shape index (κ3) is 3.58. The van der Waals surface area contributed by atoms with Gasteiger partial charge in [0.2, 0.25) is 0 Å². The summed E-state index contributed by atoms with van der Waals surface area (Å²) in [6.45, 7) is 10.6. The molecule has 0 N–H and O–H groups in total. The van der Waals surface area contributed by atoms with Crippen molar-refractivity contribution < 1.29 is 4.74 Å². The Kier molecular flexibility index (Phi) is 5.65. The first-order chi connectivity index (χ1) is 10.1. The molecule has 0 amide bonds. The average Bonchev–Trinajstić information content (AvgIpc) is 2.46. The van der Waals surface area contributed by atoms with Gasteiger partial charge in [0.05, 0.1) is 6.61 Å². The molecular formula is C18H30N2O. The third-order valence-corrected chi connectivity index (χ3v) is 4.37. The van der Waals surface area contributed by atoms with E-state index in [1.807, 2.05) is 0 Å². The highest BCUT2D eigenvalue weighted by molar-refractivity contribution is 5.45. The molecule has 118 valence electrons. The van der Waals surface area contributed by atoms with Crippen molar-refractivity contribution in [3.8, 4) is 5.75 Å². The highest BCUT2D eigenvalue weighted by atomic mass is 16.5. The number of nitrogens with zero attached hydrogens (tertiary/aromatic N) is 2. The zero-order chi connectivity index (χ0) is 15.4. The van der Waals surface area contributed by atoms with Gasteiger partial charge in [-0.1, -0.05) is 19.9 Å². The lowest BCUT2D eigenvalue weighted by Crippen LogP contribution is -2.35. The fourth-order valence-electron chi connectivity index (χ4n) is 3.45. The Morgan fingerprint density at radius 3 is 2.57 bits per heavy atom. The Morgan fingerprint density at radius 1 is 1.24 bits per heavy atom. The Hall–Kier alpha value is -1.06. The number of rotatable bonds is 6. The van der Waals surface area contributed by atoms with Gasteiger partial charge in [0.25, 0.3) is 0 Å². The van der Waals surface area contributed by atoms with Crippen molar-refractivity contribution in [1.82, 2.24) is 9.80 Å². The third-order valence-electron chi connectivity index (χ3n) is 4.37. The molecule has 0 saturated heterocycles. The first-order valence-corrected chi connectivity index (χ1v) is 8.27. The molecule has 3 nitrogen and oxygen atoms in total. The van der Waals surface area contributed by atoms with Crippen LogP contribution in [0.25, 0.3) is 0 Å². The normalized spacial score (nSPS) is 18.9. The van der Waals surface area contributed by atoms with Crippen LogP contribution in [0.15, 0.2) is 12.1 Å². The highest BCUT2D eigenvalue weighted by Gasteiger charge is 2.26. The van der Waals surface area contributed by atoms with Crippen LogP contribution in [0, 0.1) is 0 Å². The van der Waals surface area contributed by atoms with Gasteiger partial charge in [0, 0.05) is 24.7 Å². The largest absolute Gasteiger partial charge is 0.494 e. The molecule has 0 radical (unpaired) electrons. The molecule has 0 saturated carbocycles. The van der Waals surface area contributed by atoms with Crippen molar-refractivity contribution >= 4 is 0 Å². The summed E-state index contributed by atoms with van der Waals surface area (Å²) in [6, 6.07) is 5.25. The maximum absolute atomic E-state index is 5.92. The molecule has 0 spiro atoms. The number of benzene rings is 1. The molecule has 1 atom stereocenters. The molecule has 0 aliphatic carbocycles. The molecule has 1 aliphatic heterocycles. The minimum Gasteiger partial charge on any atom is -0.494 e. The fraction of sp³-hybridized carbons (Fsp3) is 0.667. The van der Waals surface area contributed by atoms with Gasteiger partial charge in [-0.2, -0.15) is 0 Å². The van der Waals surface area contributed by atoms with Gasteiger partial charge >= 0.3 is 0 Å². The maximum atomic E-state index is 5.92. The summed E-state index contributed by atoms with van der Waals surface area (Å²) in [4.78, 5) is 4.80. The molecule has 0 bridgehead atoms. The summed E-state index contributed by atoms with van der Waals surface area (Å²) in [5.41, 5.74) is 4.32. The molecule has 21 heavy (non-hydrogen) atoms. The quantitative estimate of drug-likeness (QED) is 0.798. The molecule has 2 rings (SSSR count).